The molecule has 0 spiro atoms. The minimum absolute atomic E-state index is 0.897. The van der Waals surface area contributed by atoms with Gasteiger partial charge in [-0.15, -0.1) is 0 Å². The molecular formula is C14H23OPS2. The first-order valence-electron chi connectivity index (χ1n) is 6.69. The van der Waals surface area contributed by atoms with Crippen LogP contribution in [0.3, 0.4) is 0 Å². The standard InChI is InChI=1S/C14H23OPS2/c1-3-5-12-16(15,13-6-4-2)18-17-14-10-8-7-9-11-14/h7-11H,3-6,12-13H2,1-2H3. The summed E-state index contributed by atoms with van der Waals surface area (Å²) in [7, 11) is 3.31. The van der Waals surface area contributed by atoms with Crippen molar-refractivity contribution < 1.29 is 4.57 Å². The van der Waals surface area contributed by atoms with Crippen LogP contribution in [0.15, 0.2) is 35.2 Å². The molecule has 4 heteroatoms. The second kappa shape index (κ2) is 9.12. The van der Waals surface area contributed by atoms with Crippen LogP contribution in [-0.2, 0) is 4.57 Å². The maximum absolute atomic E-state index is 12.8. The lowest BCUT2D eigenvalue weighted by Gasteiger charge is -2.16. The molecule has 1 aromatic carbocycles. The van der Waals surface area contributed by atoms with Gasteiger partial charge in [0.1, 0.15) is 6.34 Å². The van der Waals surface area contributed by atoms with Crippen molar-refractivity contribution in [2.75, 3.05) is 12.3 Å². The first-order chi connectivity index (χ1) is 8.70. The molecule has 0 aliphatic rings. The highest BCUT2D eigenvalue weighted by molar-refractivity contribution is 8.99. The zero-order valence-corrected chi connectivity index (χ0v) is 13.8. The molecule has 1 nitrogen and oxygen atoms in total. The predicted octanol–water partition coefficient (Wildman–Crippen LogP) is 6.31. The van der Waals surface area contributed by atoms with Crippen molar-refractivity contribution in [3.8, 4) is 0 Å². The van der Waals surface area contributed by atoms with E-state index in [0.29, 0.717) is 0 Å². The van der Waals surface area contributed by atoms with E-state index in [4.69, 9.17) is 0 Å². The van der Waals surface area contributed by atoms with Crippen LogP contribution < -0.4 is 0 Å². The number of unbranched alkanes of at least 4 members (excludes halogenated alkanes) is 2. The maximum atomic E-state index is 12.8. The van der Waals surface area contributed by atoms with E-state index in [1.165, 1.54) is 4.90 Å². The molecule has 0 atom stereocenters. The van der Waals surface area contributed by atoms with Crippen molar-refractivity contribution >= 4 is 27.6 Å². The van der Waals surface area contributed by atoms with Crippen molar-refractivity contribution in [1.82, 2.24) is 0 Å². The summed E-state index contributed by atoms with van der Waals surface area (Å²) in [6.45, 7) is 4.33. The monoisotopic (exact) mass is 302 g/mol. The van der Waals surface area contributed by atoms with Gasteiger partial charge in [-0.1, -0.05) is 55.7 Å². The van der Waals surface area contributed by atoms with Crippen LogP contribution in [0.5, 0.6) is 0 Å². The van der Waals surface area contributed by atoms with E-state index >= 15 is 0 Å². The SMILES string of the molecule is CCCCP(=O)(CCCC)SSc1ccccc1. The van der Waals surface area contributed by atoms with Crippen molar-refractivity contribution in [3.05, 3.63) is 30.3 Å². The van der Waals surface area contributed by atoms with Crippen LogP contribution in [-0.4, -0.2) is 12.3 Å². The number of rotatable bonds is 9. The summed E-state index contributed by atoms with van der Waals surface area (Å²) in [6, 6.07) is 10.3. The Balaban J connectivity index is 2.52. The Morgan fingerprint density at radius 3 is 2.06 bits per heavy atom. The molecule has 0 heterocycles. The normalized spacial score (nSPS) is 11.7. The van der Waals surface area contributed by atoms with Gasteiger partial charge in [-0.3, -0.25) is 0 Å². The lowest BCUT2D eigenvalue weighted by molar-refractivity contribution is 0.581. The van der Waals surface area contributed by atoms with Crippen molar-refractivity contribution in [3.63, 3.8) is 0 Å². The smallest absolute Gasteiger partial charge is 0.149 e. The van der Waals surface area contributed by atoms with Gasteiger partial charge in [0, 0.05) is 17.2 Å². The van der Waals surface area contributed by atoms with E-state index < -0.39 is 6.34 Å². The summed E-state index contributed by atoms with van der Waals surface area (Å²) in [5, 5.41) is 0. The summed E-state index contributed by atoms with van der Waals surface area (Å²) < 4.78 is 12.8. The van der Waals surface area contributed by atoms with Gasteiger partial charge in [0.05, 0.1) is 0 Å². The molecule has 0 radical (unpaired) electrons. The minimum Gasteiger partial charge on any atom is -0.311 e. The topological polar surface area (TPSA) is 17.1 Å². The van der Waals surface area contributed by atoms with Crippen LogP contribution >= 0.6 is 27.6 Å². The first-order valence-corrected chi connectivity index (χ1v) is 11.5. The molecule has 0 aliphatic heterocycles. The molecule has 0 saturated carbocycles. The number of hydrogen-bond donors (Lipinski definition) is 0. The Bertz CT molecular complexity index is 355. The summed E-state index contributed by atoms with van der Waals surface area (Å²) >= 11 is 0. The minimum atomic E-state index is -2.04. The molecule has 0 aromatic heterocycles. The van der Waals surface area contributed by atoms with Gasteiger partial charge in [0.25, 0.3) is 0 Å². The third-order valence-corrected chi connectivity index (χ3v) is 11.4. The van der Waals surface area contributed by atoms with Crippen LogP contribution in [0.25, 0.3) is 0 Å². The van der Waals surface area contributed by atoms with E-state index in [1.54, 1.807) is 21.2 Å². The highest BCUT2D eigenvalue weighted by Gasteiger charge is 2.22. The fourth-order valence-electron chi connectivity index (χ4n) is 1.57. The van der Waals surface area contributed by atoms with Gasteiger partial charge in [0.15, 0.2) is 0 Å². The van der Waals surface area contributed by atoms with Gasteiger partial charge in [-0.2, -0.15) is 0 Å². The molecule has 1 rings (SSSR count). The lowest BCUT2D eigenvalue weighted by Crippen LogP contribution is -1.91. The average molecular weight is 302 g/mol. The van der Waals surface area contributed by atoms with E-state index in [0.717, 1.165) is 38.0 Å². The zero-order chi connectivity index (χ0) is 13.3. The summed E-state index contributed by atoms with van der Waals surface area (Å²) in [4.78, 5) is 1.20. The molecule has 0 fully saturated rings. The quantitative estimate of drug-likeness (QED) is 0.393. The van der Waals surface area contributed by atoms with Gasteiger partial charge < -0.3 is 4.57 Å². The fraction of sp³-hybridized carbons (Fsp3) is 0.571. The molecule has 0 unspecified atom stereocenters. The number of benzene rings is 1. The van der Waals surface area contributed by atoms with Crippen molar-refractivity contribution in [1.29, 1.82) is 0 Å². The molecule has 102 valence electrons. The summed E-state index contributed by atoms with van der Waals surface area (Å²) in [6.07, 6.45) is 4.19. The zero-order valence-electron chi connectivity index (χ0n) is 11.3. The van der Waals surface area contributed by atoms with E-state index in [9.17, 15) is 4.57 Å². The van der Waals surface area contributed by atoms with Gasteiger partial charge in [-0.25, -0.2) is 0 Å². The number of hydrogen-bond acceptors (Lipinski definition) is 3. The predicted molar refractivity (Wildman–Crippen MR) is 87.0 cm³/mol. The Hall–Kier alpha value is 0.150. The third-order valence-electron chi connectivity index (χ3n) is 2.72. The third kappa shape index (κ3) is 6.36. The molecular weight excluding hydrogens is 279 g/mol. The molecule has 0 amide bonds. The largest absolute Gasteiger partial charge is 0.311 e. The Labute approximate surface area is 119 Å². The maximum Gasteiger partial charge on any atom is 0.149 e. The van der Waals surface area contributed by atoms with Crippen molar-refractivity contribution in [2.24, 2.45) is 0 Å². The molecule has 1 aromatic rings. The lowest BCUT2D eigenvalue weighted by atomic mass is 10.4. The van der Waals surface area contributed by atoms with Crippen LogP contribution in [0.1, 0.15) is 39.5 Å². The van der Waals surface area contributed by atoms with Gasteiger partial charge in [-0.05, 0) is 35.4 Å². The highest BCUT2D eigenvalue weighted by Crippen LogP contribution is 2.66. The molecule has 0 N–H and O–H groups in total. The van der Waals surface area contributed by atoms with Crippen LogP contribution in [0.4, 0.5) is 0 Å². The highest BCUT2D eigenvalue weighted by atomic mass is 33.3. The Morgan fingerprint density at radius 2 is 1.56 bits per heavy atom. The fourth-order valence-corrected chi connectivity index (χ4v) is 9.59. The van der Waals surface area contributed by atoms with E-state index in [1.807, 2.05) is 18.2 Å². The van der Waals surface area contributed by atoms with Crippen LogP contribution in [0.2, 0.25) is 0 Å². The average Bonchev–Trinajstić information content (AvgIpc) is 2.42. The second-order valence-corrected chi connectivity index (χ2v) is 12.0. The molecule has 0 bridgehead atoms. The summed E-state index contributed by atoms with van der Waals surface area (Å²) in [5.41, 5.74) is 0. The molecule has 18 heavy (non-hydrogen) atoms. The Morgan fingerprint density at radius 1 is 1.00 bits per heavy atom. The first kappa shape index (κ1) is 16.2. The van der Waals surface area contributed by atoms with E-state index in [-0.39, 0.29) is 0 Å². The van der Waals surface area contributed by atoms with Crippen molar-refractivity contribution in [2.45, 2.75) is 44.4 Å². The second-order valence-electron chi connectivity index (χ2n) is 4.44. The summed E-state index contributed by atoms with van der Waals surface area (Å²) in [5.74, 6) is 0. The molecule has 0 aliphatic carbocycles. The Kier molecular flexibility index (Phi) is 8.21. The van der Waals surface area contributed by atoms with Crippen LogP contribution in [0, 0.1) is 0 Å². The van der Waals surface area contributed by atoms with Gasteiger partial charge in [0.2, 0.25) is 0 Å². The molecule has 0 saturated heterocycles. The van der Waals surface area contributed by atoms with Gasteiger partial charge >= 0.3 is 0 Å². The van der Waals surface area contributed by atoms with E-state index in [2.05, 4.69) is 26.0 Å².